The van der Waals surface area contributed by atoms with Crippen molar-refractivity contribution in [1.29, 1.82) is 0 Å². The lowest BCUT2D eigenvalue weighted by Gasteiger charge is -2.17. The standard InChI is InChI=1S/C18H32O6/c1-2-13(19)10-11-14(20)17-12-15(21)16(24-17)8-6-4-3-5-7-9-18(22)23/h10-11,13-17,19-21H,2-9,12H2,1H3,(H,22,23)/b11-10+/t13-,14-,15+,16-,17+/m1/s1. The molecule has 0 aromatic heterocycles. The first-order chi connectivity index (χ1) is 11.4. The highest BCUT2D eigenvalue weighted by molar-refractivity contribution is 5.66. The van der Waals surface area contributed by atoms with Gasteiger partial charge in [0.15, 0.2) is 0 Å². The maximum Gasteiger partial charge on any atom is 0.303 e. The van der Waals surface area contributed by atoms with Crippen molar-refractivity contribution in [2.24, 2.45) is 0 Å². The fraction of sp³-hybridized carbons (Fsp3) is 0.833. The van der Waals surface area contributed by atoms with Gasteiger partial charge in [0, 0.05) is 12.8 Å². The molecule has 0 aromatic rings. The summed E-state index contributed by atoms with van der Waals surface area (Å²) in [5, 5.41) is 38.1. The third kappa shape index (κ3) is 8.24. The summed E-state index contributed by atoms with van der Waals surface area (Å²) in [6.07, 6.45) is 6.93. The zero-order chi connectivity index (χ0) is 17.9. The Hall–Kier alpha value is -0.950. The van der Waals surface area contributed by atoms with E-state index >= 15 is 0 Å². The van der Waals surface area contributed by atoms with Crippen molar-refractivity contribution in [2.45, 2.75) is 95.2 Å². The number of unbranched alkanes of at least 4 members (excludes halogenated alkanes) is 4. The first kappa shape index (κ1) is 21.1. The molecular weight excluding hydrogens is 312 g/mol. The number of rotatable bonds is 12. The van der Waals surface area contributed by atoms with Gasteiger partial charge in [-0.1, -0.05) is 44.8 Å². The van der Waals surface area contributed by atoms with Crippen molar-refractivity contribution < 1.29 is 30.0 Å². The zero-order valence-corrected chi connectivity index (χ0v) is 14.5. The lowest BCUT2D eigenvalue weighted by atomic mass is 10.0. The SMILES string of the molecule is CC[C@@H](O)/C=C/[C@@H](O)[C@@H]1C[C@H](O)[C@@H](CCCCCCCC(=O)O)O1. The highest BCUT2D eigenvalue weighted by Gasteiger charge is 2.36. The number of aliphatic hydroxyl groups is 3. The monoisotopic (exact) mass is 344 g/mol. The molecule has 6 nitrogen and oxygen atoms in total. The van der Waals surface area contributed by atoms with Crippen molar-refractivity contribution in [2.75, 3.05) is 0 Å². The Morgan fingerprint density at radius 1 is 1.17 bits per heavy atom. The Kier molecular flexibility index (Phi) is 10.2. The van der Waals surface area contributed by atoms with Crippen LogP contribution in [0.1, 0.15) is 64.7 Å². The number of aliphatic hydroxyl groups excluding tert-OH is 3. The highest BCUT2D eigenvalue weighted by atomic mass is 16.5. The number of hydrogen-bond donors (Lipinski definition) is 4. The lowest BCUT2D eigenvalue weighted by molar-refractivity contribution is -0.137. The van der Waals surface area contributed by atoms with E-state index in [2.05, 4.69) is 0 Å². The maximum absolute atomic E-state index is 10.4. The molecule has 1 rings (SSSR count). The van der Waals surface area contributed by atoms with Crippen LogP contribution in [0.4, 0.5) is 0 Å². The van der Waals surface area contributed by atoms with Gasteiger partial charge in [-0.05, 0) is 19.3 Å². The van der Waals surface area contributed by atoms with Gasteiger partial charge in [0.05, 0.1) is 30.5 Å². The third-order valence-corrected chi connectivity index (χ3v) is 4.46. The summed E-state index contributed by atoms with van der Waals surface area (Å²) in [5.41, 5.74) is 0. The molecule has 0 aromatic carbocycles. The number of carboxylic acid groups (broad SMARTS) is 1. The normalized spacial score (nSPS) is 26.8. The predicted octanol–water partition coefficient (Wildman–Crippen LogP) is 2.01. The smallest absolute Gasteiger partial charge is 0.303 e. The van der Waals surface area contributed by atoms with Crippen LogP contribution in [0.15, 0.2) is 12.2 Å². The summed E-state index contributed by atoms with van der Waals surface area (Å²) in [4.78, 5) is 10.4. The second-order valence-electron chi connectivity index (χ2n) is 6.57. The molecule has 1 saturated heterocycles. The fourth-order valence-corrected chi connectivity index (χ4v) is 2.90. The van der Waals surface area contributed by atoms with Gasteiger partial charge >= 0.3 is 5.97 Å². The fourth-order valence-electron chi connectivity index (χ4n) is 2.90. The second-order valence-corrected chi connectivity index (χ2v) is 6.57. The molecule has 0 bridgehead atoms. The van der Waals surface area contributed by atoms with Crippen molar-refractivity contribution in [3.63, 3.8) is 0 Å². The van der Waals surface area contributed by atoms with Crippen LogP contribution in [-0.4, -0.2) is 56.9 Å². The van der Waals surface area contributed by atoms with Gasteiger partial charge in [0.2, 0.25) is 0 Å². The number of hydrogen-bond acceptors (Lipinski definition) is 5. The second kappa shape index (κ2) is 11.6. The van der Waals surface area contributed by atoms with E-state index in [1.165, 1.54) is 6.08 Å². The van der Waals surface area contributed by atoms with Crippen LogP contribution in [0, 0.1) is 0 Å². The highest BCUT2D eigenvalue weighted by Crippen LogP contribution is 2.27. The topological polar surface area (TPSA) is 107 Å². The number of carbonyl (C=O) groups is 1. The van der Waals surface area contributed by atoms with Crippen molar-refractivity contribution in [1.82, 2.24) is 0 Å². The van der Waals surface area contributed by atoms with Crippen LogP contribution < -0.4 is 0 Å². The maximum atomic E-state index is 10.4. The van der Waals surface area contributed by atoms with E-state index in [1.807, 2.05) is 6.92 Å². The van der Waals surface area contributed by atoms with E-state index < -0.39 is 30.4 Å². The molecule has 0 spiro atoms. The summed E-state index contributed by atoms with van der Waals surface area (Å²) in [6.45, 7) is 1.86. The molecule has 4 N–H and O–H groups in total. The van der Waals surface area contributed by atoms with Gasteiger partial charge in [0.25, 0.3) is 0 Å². The summed E-state index contributed by atoms with van der Waals surface area (Å²) >= 11 is 0. The number of carboxylic acids is 1. The predicted molar refractivity (Wildman–Crippen MR) is 90.7 cm³/mol. The van der Waals surface area contributed by atoms with E-state index in [0.717, 1.165) is 32.1 Å². The summed E-state index contributed by atoms with van der Waals surface area (Å²) < 4.78 is 5.75. The molecule has 140 valence electrons. The molecular formula is C18H32O6. The molecule has 6 heteroatoms. The summed E-state index contributed by atoms with van der Waals surface area (Å²) in [7, 11) is 0. The number of aliphatic carboxylic acids is 1. The summed E-state index contributed by atoms with van der Waals surface area (Å²) in [5.74, 6) is -0.748. The Bertz CT molecular complexity index is 384. The largest absolute Gasteiger partial charge is 0.481 e. The van der Waals surface area contributed by atoms with Gasteiger partial charge in [-0.15, -0.1) is 0 Å². The average molecular weight is 344 g/mol. The van der Waals surface area contributed by atoms with Gasteiger partial charge in [-0.25, -0.2) is 0 Å². The first-order valence-corrected chi connectivity index (χ1v) is 9.03. The molecule has 0 unspecified atom stereocenters. The Morgan fingerprint density at radius 3 is 2.50 bits per heavy atom. The van der Waals surface area contributed by atoms with Crippen LogP contribution >= 0.6 is 0 Å². The Balaban J connectivity index is 2.19. The van der Waals surface area contributed by atoms with Gasteiger partial charge in [0.1, 0.15) is 0 Å². The van der Waals surface area contributed by atoms with Crippen molar-refractivity contribution in [3.05, 3.63) is 12.2 Å². The van der Waals surface area contributed by atoms with Gasteiger partial charge in [-0.2, -0.15) is 0 Å². The minimum Gasteiger partial charge on any atom is -0.481 e. The molecule has 0 radical (unpaired) electrons. The van der Waals surface area contributed by atoms with Gasteiger partial charge < -0.3 is 25.2 Å². The number of ether oxygens (including phenoxy) is 1. The average Bonchev–Trinajstić information content (AvgIpc) is 2.92. The third-order valence-electron chi connectivity index (χ3n) is 4.46. The molecule has 1 aliphatic rings. The summed E-state index contributed by atoms with van der Waals surface area (Å²) in [6, 6.07) is 0. The van der Waals surface area contributed by atoms with E-state index in [-0.39, 0.29) is 12.5 Å². The van der Waals surface area contributed by atoms with Crippen LogP contribution in [0.2, 0.25) is 0 Å². The molecule has 5 atom stereocenters. The minimum atomic E-state index is -0.818. The van der Waals surface area contributed by atoms with Gasteiger partial charge in [-0.3, -0.25) is 4.79 Å². The molecule has 0 saturated carbocycles. The molecule has 0 amide bonds. The van der Waals surface area contributed by atoms with Crippen molar-refractivity contribution >= 4 is 5.97 Å². The Labute approximate surface area is 144 Å². The molecule has 24 heavy (non-hydrogen) atoms. The molecule has 1 aliphatic heterocycles. The first-order valence-electron chi connectivity index (χ1n) is 9.03. The lowest BCUT2D eigenvalue weighted by Crippen LogP contribution is -2.25. The minimum absolute atomic E-state index is 0.226. The molecule has 0 aliphatic carbocycles. The molecule has 1 fully saturated rings. The van der Waals surface area contributed by atoms with Crippen LogP contribution in [0.5, 0.6) is 0 Å². The zero-order valence-electron chi connectivity index (χ0n) is 14.5. The van der Waals surface area contributed by atoms with E-state index in [4.69, 9.17) is 9.84 Å². The van der Waals surface area contributed by atoms with Crippen LogP contribution in [0.3, 0.4) is 0 Å². The van der Waals surface area contributed by atoms with E-state index in [9.17, 15) is 20.1 Å². The van der Waals surface area contributed by atoms with E-state index in [1.54, 1.807) is 6.08 Å². The van der Waals surface area contributed by atoms with Crippen LogP contribution in [0.25, 0.3) is 0 Å². The van der Waals surface area contributed by atoms with E-state index in [0.29, 0.717) is 19.3 Å². The van der Waals surface area contributed by atoms with Crippen LogP contribution in [-0.2, 0) is 9.53 Å². The molecule has 1 heterocycles. The Morgan fingerprint density at radius 2 is 1.83 bits per heavy atom. The quantitative estimate of drug-likeness (QED) is 0.319. The van der Waals surface area contributed by atoms with Crippen molar-refractivity contribution in [3.8, 4) is 0 Å².